The summed E-state index contributed by atoms with van der Waals surface area (Å²) in [5.74, 6) is -0.0423. The van der Waals surface area contributed by atoms with E-state index in [0.29, 0.717) is 0 Å². The summed E-state index contributed by atoms with van der Waals surface area (Å²) < 4.78 is 0. The summed E-state index contributed by atoms with van der Waals surface area (Å²) in [4.78, 5) is 14.0. The highest BCUT2D eigenvalue weighted by Gasteiger charge is 2.43. The number of amides is 1. The minimum Gasteiger partial charge on any atom is -0.394 e. The maximum absolute atomic E-state index is 11.9. The number of rotatable bonds is 4. The monoisotopic (exact) mass is 239 g/mol. The van der Waals surface area contributed by atoms with Crippen molar-refractivity contribution in [1.29, 1.82) is 0 Å². The van der Waals surface area contributed by atoms with Gasteiger partial charge in [-0.3, -0.25) is 4.79 Å². The normalized spacial score (nSPS) is 17.2. The van der Waals surface area contributed by atoms with Crippen LogP contribution in [0.25, 0.3) is 0 Å². The van der Waals surface area contributed by atoms with Crippen molar-refractivity contribution < 1.29 is 9.90 Å². The number of thiophene rings is 1. The molecule has 2 N–H and O–H groups in total. The van der Waals surface area contributed by atoms with Crippen LogP contribution in [0.3, 0.4) is 0 Å². The molecule has 1 heterocycles. The number of hydrogen-bond donors (Lipinski definition) is 2. The molecule has 4 heteroatoms. The van der Waals surface area contributed by atoms with E-state index in [9.17, 15) is 4.79 Å². The molecule has 16 heavy (non-hydrogen) atoms. The van der Waals surface area contributed by atoms with Crippen LogP contribution >= 0.6 is 11.3 Å². The van der Waals surface area contributed by atoms with E-state index < -0.39 is 0 Å². The van der Waals surface area contributed by atoms with Crippen LogP contribution in [-0.4, -0.2) is 23.2 Å². The fraction of sp³-hybridized carbons (Fsp3) is 0.583. The lowest BCUT2D eigenvalue weighted by Gasteiger charge is -2.12. The molecule has 1 aliphatic rings. The van der Waals surface area contributed by atoms with Gasteiger partial charge >= 0.3 is 0 Å². The van der Waals surface area contributed by atoms with Gasteiger partial charge in [0.1, 0.15) is 0 Å². The van der Waals surface area contributed by atoms with Gasteiger partial charge in [0.05, 0.1) is 17.0 Å². The summed E-state index contributed by atoms with van der Waals surface area (Å²) in [6, 6.07) is 1.94. The Morgan fingerprint density at radius 3 is 2.75 bits per heavy atom. The topological polar surface area (TPSA) is 49.3 Å². The quantitative estimate of drug-likeness (QED) is 0.842. The number of carbonyl (C=O) groups excluding carboxylic acids is 1. The zero-order valence-electron chi connectivity index (χ0n) is 9.67. The fourth-order valence-corrected chi connectivity index (χ4v) is 2.77. The molecule has 2 rings (SSSR count). The smallest absolute Gasteiger partial charge is 0.261 e. The van der Waals surface area contributed by atoms with Crippen LogP contribution in [-0.2, 0) is 6.42 Å². The van der Waals surface area contributed by atoms with E-state index in [0.717, 1.165) is 24.1 Å². The molecule has 88 valence electrons. The van der Waals surface area contributed by atoms with Crippen molar-refractivity contribution in [2.75, 3.05) is 6.61 Å². The van der Waals surface area contributed by atoms with E-state index >= 15 is 0 Å². The zero-order chi connectivity index (χ0) is 11.8. The largest absolute Gasteiger partial charge is 0.394 e. The van der Waals surface area contributed by atoms with Gasteiger partial charge in [-0.25, -0.2) is 0 Å². The van der Waals surface area contributed by atoms with Crippen LogP contribution in [0.2, 0.25) is 0 Å². The Morgan fingerprint density at radius 1 is 1.62 bits per heavy atom. The van der Waals surface area contributed by atoms with Crippen molar-refractivity contribution >= 4 is 17.2 Å². The first kappa shape index (κ1) is 11.6. The summed E-state index contributed by atoms with van der Waals surface area (Å²) in [6.07, 6.45) is 2.75. The summed E-state index contributed by atoms with van der Waals surface area (Å²) in [5, 5.41) is 12.1. The lowest BCUT2D eigenvalue weighted by Crippen LogP contribution is -2.39. The first-order valence-corrected chi connectivity index (χ1v) is 6.44. The van der Waals surface area contributed by atoms with E-state index in [1.807, 2.05) is 13.0 Å². The van der Waals surface area contributed by atoms with E-state index in [4.69, 9.17) is 5.11 Å². The van der Waals surface area contributed by atoms with Crippen LogP contribution in [0.4, 0.5) is 0 Å². The second-order valence-corrected chi connectivity index (χ2v) is 5.60. The third kappa shape index (κ3) is 2.13. The number of aliphatic hydroxyl groups is 1. The lowest BCUT2D eigenvalue weighted by atomic mass is 10.2. The molecule has 0 unspecified atom stereocenters. The van der Waals surface area contributed by atoms with Gasteiger partial charge in [0.2, 0.25) is 0 Å². The highest BCUT2D eigenvalue weighted by molar-refractivity contribution is 7.14. The molecule has 0 radical (unpaired) electrons. The van der Waals surface area contributed by atoms with Crippen molar-refractivity contribution in [3.63, 3.8) is 0 Å². The Labute approximate surface area is 99.5 Å². The number of aryl methyl sites for hydroxylation is 2. The SMILES string of the molecule is CCc1sc(C(=O)NC2(CO)CC2)cc1C. The van der Waals surface area contributed by atoms with E-state index in [2.05, 4.69) is 12.2 Å². The molecular formula is C12H17NO2S. The van der Waals surface area contributed by atoms with Crippen LogP contribution in [0.15, 0.2) is 6.07 Å². The molecule has 0 aliphatic heterocycles. The molecule has 0 atom stereocenters. The predicted octanol–water partition coefficient (Wildman–Crippen LogP) is 1.87. The van der Waals surface area contributed by atoms with Crippen molar-refractivity contribution in [2.24, 2.45) is 0 Å². The number of hydrogen-bond acceptors (Lipinski definition) is 3. The Kier molecular flexibility index (Phi) is 3.04. The average molecular weight is 239 g/mol. The van der Waals surface area contributed by atoms with Gasteiger partial charge in [-0.1, -0.05) is 6.92 Å². The van der Waals surface area contributed by atoms with Crippen LogP contribution in [0.1, 0.15) is 39.9 Å². The van der Waals surface area contributed by atoms with Crippen molar-refractivity contribution in [2.45, 2.75) is 38.6 Å². The molecular weight excluding hydrogens is 222 g/mol. The first-order chi connectivity index (χ1) is 7.60. The number of carbonyl (C=O) groups is 1. The Hall–Kier alpha value is -0.870. The van der Waals surface area contributed by atoms with Crippen molar-refractivity contribution in [1.82, 2.24) is 5.32 Å². The van der Waals surface area contributed by atoms with E-state index in [-0.39, 0.29) is 18.1 Å². The van der Waals surface area contributed by atoms with Gasteiger partial charge in [0, 0.05) is 4.88 Å². The summed E-state index contributed by atoms with van der Waals surface area (Å²) in [5.41, 5.74) is 0.868. The van der Waals surface area contributed by atoms with Gasteiger partial charge in [0.25, 0.3) is 5.91 Å². The molecule has 1 aromatic rings. The minimum absolute atomic E-state index is 0.0423. The molecule has 1 aliphatic carbocycles. The standard InChI is InChI=1S/C12H17NO2S/c1-3-9-8(2)6-10(16-9)11(15)13-12(7-14)4-5-12/h6,14H,3-5,7H2,1-2H3,(H,13,15). The second-order valence-electron chi connectivity index (χ2n) is 4.46. The predicted molar refractivity (Wildman–Crippen MR) is 65.0 cm³/mol. The molecule has 0 aromatic carbocycles. The number of nitrogens with one attached hydrogen (secondary N) is 1. The van der Waals surface area contributed by atoms with Crippen LogP contribution < -0.4 is 5.32 Å². The average Bonchev–Trinajstić information content (AvgIpc) is 2.94. The van der Waals surface area contributed by atoms with Gasteiger partial charge in [-0.2, -0.15) is 0 Å². The highest BCUT2D eigenvalue weighted by Crippen LogP contribution is 2.35. The minimum atomic E-state index is -0.318. The van der Waals surface area contributed by atoms with Crippen LogP contribution in [0.5, 0.6) is 0 Å². The van der Waals surface area contributed by atoms with Gasteiger partial charge in [-0.15, -0.1) is 11.3 Å². The summed E-state index contributed by atoms with van der Waals surface area (Å²) >= 11 is 1.55. The Morgan fingerprint density at radius 2 is 2.31 bits per heavy atom. The van der Waals surface area contributed by atoms with Crippen molar-refractivity contribution in [3.05, 3.63) is 21.4 Å². The fourth-order valence-electron chi connectivity index (χ4n) is 1.76. The highest BCUT2D eigenvalue weighted by atomic mass is 32.1. The Bertz CT molecular complexity index is 407. The van der Waals surface area contributed by atoms with Crippen LogP contribution in [0, 0.1) is 6.92 Å². The van der Waals surface area contributed by atoms with Gasteiger partial charge in [-0.05, 0) is 37.8 Å². The molecule has 0 spiro atoms. The van der Waals surface area contributed by atoms with E-state index in [1.54, 1.807) is 11.3 Å². The lowest BCUT2D eigenvalue weighted by molar-refractivity contribution is 0.0911. The molecule has 0 saturated heterocycles. The summed E-state index contributed by atoms with van der Waals surface area (Å²) in [7, 11) is 0. The van der Waals surface area contributed by atoms with E-state index in [1.165, 1.54) is 10.4 Å². The molecule has 1 fully saturated rings. The molecule has 1 aromatic heterocycles. The van der Waals surface area contributed by atoms with Gasteiger partial charge in [0.15, 0.2) is 0 Å². The molecule has 1 saturated carbocycles. The maximum Gasteiger partial charge on any atom is 0.261 e. The second kappa shape index (κ2) is 4.18. The maximum atomic E-state index is 11.9. The van der Waals surface area contributed by atoms with Gasteiger partial charge < -0.3 is 10.4 Å². The number of aliphatic hydroxyl groups excluding tert-OH is 1. The molecule has 3 nitrogen and oxygen atoms in total. The zero-order valence-corrected chi connectivity index (χ0v) is 10.5. The third-order valence-corrected chi connectivity index (χ3v) is 4.48. The summed E-state index contributed by atoms with van der Waals surface area (Å²) in [6.45, 7) is 4.17. The molecule has 0 bridgehead atoms. The molecule has 1 amide bonds. The third-order valence-electron chi connectivity index (χ3n) is 3.10. The Balaban J connectivity index is 2.09. The van der Waals surface area contributed by atoms with Crippen molar-refractivity contribution in [3.8, 4) is 0 Å². The first-order valence-electron chi connectivity index (χ1n) is 5.63.